The topological polar surface area (TPSA) is 82.3 Å². The summed E-state index contributed by atoms with van der Waals surface area (Å²) in [4.78, 5) is 7.36. The summed E-state index contributed by atoms with van der Waals surface area (Å²) >= 11 is 0. The predicted octanol–water partition coefficient (Wildman–Crippen LogP) is 3.79. The quantitative estimate of drug-likeness (QED) is 0.283. The number of hydrogen-bond acceptors (Lipinski definition) is 5. The Balaban J connectivity index is 2.08. The Morgan fingerprint density at radius 2 is 1.53 bits per heavy atom. The Hall–Kier alpha value is -4.26. The van der Waals surface area contributed by atoms with Crippen LogP contribution in [0.5, 0.6) is 5.75 Å². The van der Waals surface area contributed by atoms with Gasteiger partial charge in [0.2, 0.25) is 6.19 Å². The summed E-state index contributed by atoms with van der Waals surface area (Å²) in [6.45, 7) is 7.19. The van der Waals surface area contributed by atoms with Gasteiger partial charge in [0, 0.05) is 21.5 Å². The molecule has 30 heavy (non-hydrogen) atoms. The van der Waals surface area contributed by atoms with Crippen LogP contribution in [0.1, 0.15) is 5.56 Å². The highest BCUT2D eigenvalue weighted by atomic mass is 16.5. The van der Waals surface area contributed by atoms with Crippen LogP contribution in [0.15, 0.2) is 58.6 Å². The van der Waals surface area contributed by atoms with Crippen molar-refractivity contribution in [1.29, 1.82) is 5.26 Å². The summed E-state index contributed by atoms with van der Waals surface area (Å²) < 4.78 is 5.39. The van der Waals surface area contributed by atoms with E-state index < -0.39 is 0 Å². The fourth-order valence-electron chi connectivity index (χ4n) is 4.25. The maximum Gasteiger partial charge on any atom is 0.206 e. The number of fused-ring (bicyclic) bond motifs is 6. The van der Waals surface area contributed by atoms with Gasteiger partial charge < -0.3 is 9.84 Å². The number of methoxy groups -OCH3 is 1. The molecule has 0 saturated heterocycles. The van der Waals surface area contributed by atoms with Crippen LogP contribution in [0.25, 0.3) is 48.0 Å². The Bertz CT molecular complexity index is 1560. The normalized spacial score (nSPS) is 12.8. The lowest BCUT2D eigenvalue weighted by atomic mass is 10.1. The standard InChI is InChI=1S/C24H14N4O2/c1-26-28-24-16-5-3-13(11-29)7-17(16)19-9-21-20(10-22(19)24)18-8-14(30-2)4-6-15(18)23(21)27-12-25/h3-10,29H,11H2,2H3/b27-23+,28-24+. The van der Waals surface area contributed by atoms with Crippen molar-refractivity contribution in [1.82, 2.24) is 0 Å². The van der Waals surface area contributed by atoms with Crippen LogP contribution < -0.4 is 15.5 Å². The van der Waals surface area contributed by atoms with E-state index in [4.69, 9.17) is 11.3 Å². The van der Waals surface area contributed by atoms with Crippen molar-refractivity contribution < 1.29 is 9.84 Å². The van der Waals surface area contributed by atoms with Gasteiger partial charge in [-0.3, -0.25) is 0 Å². The molecule has 142 valence electrons. The summed E-state index contributed by atoms with van der Waals surface area (Å²) in [5.41, 5.74) is 0.781. The molecule has 0 unspecified atom stereocenters. The summed E-state index contributed by atoms with van der Waals surface area (Å²) in [6.07, 6.45) is 1.91. The molecule has 5 rings (SSSR count). The highest BCUT2D eigenvalue weighted by Gasteiger charge is 2.16. The first kappa shape index (κ1) is 17.8. The lowest BCUT2D eigenvalue weighted by Crippen LogP contribution is -1.98. The number of benzene rings is 3. The van der Waals surface area contributed by atoms with E-state index in [9.17, 15) is 10.4 Å². The van der Waals surface area contributed by atoms with E-state index in [1.165, 1.54) is 0 Å². The average molecular weight is 390 g/mol. The lowest BCUT2D eigenvalue weighted by molar-refractivity contribution is 0.282. The number of ether oxygens (including phenoxy) is 1. The molecule has 0 fully saturated rings. The van der Waals surface area contributed by atoms with Gasteiger partial charge in [-0.2, -0.15) is 16.8 Å². The fraction of sp³-hybridized carbons (Fsp3) is 0.0833. The van der Waals surface area contributed by atoms with Gasteiger partial charge in [0.05, 0.1) is 24.2 Å². The van der Waals surface area contributed by atoms with Gasteiger partial charge in [-0.15, -0.1) is 4.95 Å². The van der Waals surface area contributed by atoms with Crippen LogP contribution in [-0.2, 0) is 6.61 Å². The first-order valence-corrected chi connectivity index (χ1v) is 9.23. The molecule has 0 aliphatic rings. The van der Waals surface area contributed by atoms with Crippen LogP contribution in [0.4, 0.5) is 0 Å². The number of hydrogen-bond donors (Lipinski definition) is 1. The molecule has 6 heteroatoms. The van der Waals surface area contributed by atoms with E-state index in [-0.39, 0.29) is 6.61 Å². The van der Waals surface area contributed by atoms with Crippen molar-refractivity contribution in [2.45, 2.75) is 6.61 Å². The molecular weight excluding hydrogens is 376 g/mol. The minimum atomic E-state index is -0.0742. The van der Waals surface area contributed by atoms with Crippen molar-refractivity contribution in [2.75, 3.05) is 7.11 Å². The fourth-order valence-corrected chi connectivity index (χ4v) is 4.25. The van der Waals surface area contributed by atoms with Crippen molar-refractivity contribution in [3.05, 3.63) is 76.3 Å². The SMILES string of the molecule is [C-]#[N+]/N=c1\c2ccc(CO)cc2c2cc3/c(=N/C#N)c4ccc(OC)cc4c3cc12. The average Bonchev–Trinajstić information content (AvgIpc) is 3.25. The Morgan fingerprint density at radius 3 is 2.20 bits per heavy atom. The zero-order valence-corrected chi connectivity index (χ0v) is 16.0. The van der Waals surface area contributed by atoms with Gasteiger partial charge in [0.1, 0.15) is 5.75 Å². The van der Waals surface area contributed by atoms with Crippen molar-refractivity contribution in [3.63, 3.8) is 0 Å². The number of nitriles is 1. The molecule has 5 aromatic carbocycles. The zero-order chi connectivity index (χ0) is 20.8. The maximum atomic E-state index is 9.57. The third-order valence-corrected chi connectivity index (χ3v) is 5.56. The third kappa shape index (κ3) is 2.39. The predicted molar refractivity (Wildman–Crippen MR) is 115 cm³/mol. The molecular formula is C24H14N4O2. The monoisotopic (exact) mass is 390 g/mol. The molecule has 0 bridgehead atoms. The Kier molecular flexibility index (Phi) is 3.96. The van der Waals surface area contributed by atoms with Crippen molar-refractivity contribution in [3.8, 4) is 11.9 Å². The van der Waals surface area contributed by atoms with Crippen LogP contribution in [-0.4, -0.2) is 12.2 Å². The van der Waals surface area contributed by atoms with Crippen molar-refractivity contribution in [2.24, 2.45) is 10.1 Å². The van der Waals surface area contributed by atoms with Crippen LogP contribution in [0, 0.1) is 18.0 Å². The van der Waals surface area contributed by atoms with Crippen molar-refractivity contribution >= 4 is 43.1 Å². The number of rotatable bonds is 2. The van der Waals surface area contributed by atoms with Crippen LogP contribution >= 0.6 is 0 Å². The molecule has 0 heterocycles. The molecule has 0 aliphatic heterocycles. The molecule has 1 N–H and O–H groups in total. The van der Waals surface area contributed by atoms with E-state index in [0.29, 0.717) is 16.5 Å². The molecule has 6 nitrogen and oxygen atoms in total. The molecule has 0 amide bonds. The summed E-state index contributed by atoms with van der Waals surface area (Å²) in [5.74, 6) is 0.712. The Labute approximate surface area is 170 Å². The maximum absolute atomic E-state index is 9.57. The third-order valence-electron chi connectivity index (χ3n) is 5.56. The Morgan fingerprint density at radius 1 is 0.900 bits per heavy atom. The molecule has 0 aromatic heterocycles. The first-order chi connectivity index (χ1) is 14.7. The van der Waals surface area contributed by atoms with Gasteiger partial charge in [-0.1, -0.05) is 12.1 Å². The molecule has 0 aliphatic carbocycles. The summed E-state index contributed by atoms with van der Waals surface area (Å²) in [6, 6.07) is 15.3. The number of aliphatic hydroxyl groups excluding tert-OH is 1. The molecule has 0 atom stereocenters. The van der Waals surface area contributed by atoms with Gasteiger partial charge in [-0.25, -0.2) is 0 Å². The van der Waals surface area contributed by atoms with Gasteiger partial charge in [0.15, 0.2) is 5.36 Å². The van der Waals surface area contributed by atoms with E-state index in [2.05, 4.69) is 15.0 Å². The highest BCUT2D eigenvalue weighted by molar-refractivity contribution is 6.21. The number of aliphatic hydroxyl groups is 1. The van der Waals surface area contributed by atoms with E-state index in [0.717, 1.165) is 48.7 Å². The smallest absolute Gasteiger partial charge is 0.206 e. The van der Waals surface area contributed by atoms with Gasteiger partial charge in [-0.05, 0) is 63.5 Å². The van der Waals surface area contributed by atoms with Gasteiger partial charge >= 0.3 is 0 Å². The number of nitrogens with zero attached hydrogens (tertiary/aromatic N) is 4. The largest absolute Gasteiger partial charge is 0.497 e. The van der Waals surface area contributed by atoms with Gasteiger partial charge in [0.25, 0.3) is 0 Å². The second-order valence-electron chi connectivity index (χ2n) is 7.00. The second kappa shape index (κ2) is 6.66. The summed E-state index contributed by atoms with van der Waals surface area (Å²) in [5, 5.41) is 31.2. The van der Waals surface area contributed by atoms with E-state index in [1.807, 2.05) is 54.7 Å². The molecule has 0 spiro atoms. The van der Waals surface area contributed by atoms with Crippen LogP contribution in [0.3, 0.4) is 0 Å². The first-order valence-electron chi connectivity index (χ1n) is 9.23. The van der Waals surface area contributed by atoms with E-state index >= 15 is 0 Å². The molecule has 5 aromatic rings. The molecule has 0 radical (unpaired) electrons. The second-order valence-corrected chi connectivity index (χ2v) is 7.00. The van der Waals surface area contributed by atoms with Crippen LogP contribution in [0.2, 0.25) is 0 Å². The minimum absolute atomic E-state index is 0.0742. The minimum Gasteiger partial charge on any atom is -0.497 e. The highest BCUT2D eigenvalue weighted by Crippen LogP contribution is 2.33. The molecule has 0 saturated carbocycles. The summed E-state index contributed by atoms with van der Waals surface area (Å²) in [7, 11) is 1.61. The van der Waals surface area contributed by atoms with E-state index in [1.54, 1.807) is 7.11 Å². The zero-order valence-electron chi connectivity index (χ0n) is 16.0. The lowest BCUT2D eigenvalue weighted by Gasteiger charge is -2.00.